The minimum Gasteiger partial charge on any atom is -0.357 e. The highest BCUT2D eigenvalue weighted by molar-refractivity contribution is 5.87. The molecular weight excluding hydrogens is 208 g/mol. The van der Waals surface area contributed by atoms with Crippen LogP contribution in [0, 0.1) is 6.92 Å². The molecule has 17 heavy (non-hydrogen) atoms. The number of aromatic nitrogens is 1. The maximum atomic E-state index is 3.66. The van der Waals surface area contributed by atoms with Crippen molar-refractivity contribution >= 4 is 10.9 Å². The topological polar surface area (TPSA) is 27.8 Å². The number of fused-ring (bicyclic) bond motifs is 3. The van der Waals surface area contributed by atoms with E-state index in [9.17, 15) is 0 Å². The Kier molecular flexibility index (Phi) is 2.67. The normalized spacial score (nSPS) is 19.5. The maximum Gasteiger partial charge on any atom is 0.0489 e. The van der Waals surface area contributed by atoms with Gasteiger partial charge >= 0.3 is 0 Å². The van der Waals surface area contributed by atoms with Crippen molar-refractivity contribution < 1.29 is 0 Å². The van der Waals surface area contributed by atoms with Crippen LogP contribution in [0.1, 0.15) is 42.6 Å². The number of rotatable bonds is 2. The fourth-order valence-electron chi connectivity index (χ4n) is 3.08. The molecule has 0 bridgehead atoms. The average Bonchev–Trinajstić information content (AvgIpc) is 2.71. The lowest BCUT2D eigenvalue weighted by Gasteiger charge is -2.23. The van der Waals surface area contributed by atoms with E-state index in [2.05, 4.69) is 42.3 Å². The van der Waals surface area contributed by atoms with Gasteiger partial charge in [-0.1, -0.05) is 25.1 Å². The van der Waals surface area contributed by atoms with E-state index in [1.54, 1.807) is 5.56 Å². The van der Waals surface area contributed by atoms with E-state index < -0.39 is 0 Å². The molecule has 2 aromatic rings. The van der Waals surface area contributed by atoms with Crippen LogP contribution in [0.25, 0.3) is 10.9 Å². The van der Waals surface area contributed by atoms with E-state index in [-0.39, 0.29) is 0 Å². The van der Waals surface area contributed by atoms with Crippen molar-refractivity contribution in [2.75, 3.05) is 6.54 Å². The van der Waals surface area contributed by atoms with Gasteiger partial charge in [0.2, 0.25) is 0 Å². The SMILES string of the molecule is CCNC1CCCc2c1[nH]c1c(C)cccc21. The summed E-state index contributed by atoms with van der Waals surface area (Å²) in [5, 5.41) is 5.02. The van der Waals surface area contributed by atoms with Crippen LogP contribution in [0.4, 0.5) is 0 Å². The number of hydrogen-bond donors (Lipinski definition) is 2. The van der Waals surface area contributed by atoms with Crippen LogP contribution < -0.4 is 5.32 Å². The quantitative estimate of drug-likeness (QED) is 0.809. The lowest BCUT2D eigenvalue weighted by molar-refractivity contribution is 0.465. The molecule has 0 saturated heterocycles. The van der Waals surface area contributed by atoms with Gasteiger partial charge in [0.15, 0.2) is 0 Å². The molecule has 1 atom stereocenters. The third-order valence-electron chi connectivity index (χ3n) is 3.90. The summed E-state index contributed by atoms with van der Waals surface area (Å²) in [5.74, 6) is 0. The smallest absolute Gasteiger partial charge is 0.0489 e. The van der Waals surface area contributed by atoms with Gasteiger partial charge in [-0.05, 0) is 43.9 Å². The van der Waals surface area contributed by atoms with Crippen molar-refractivity contribution in [3.05, 3.63) is 35.0 Å². The Hall–Kier alpha value is -1.28. The molecular formula is C15H20N2. The average molecular weight is 228 g/mol. The molecule has 1 aliphatic carbocycles. The second-order valence-corrected chi connectivity index (χ2v) is 5.02. The Morgan fingerprint density at radius 1 is 1.41 bits per heavy atom. The lowest BCUT2D eigenvalue weighted by Crippen LogP contribution is -2.24. The summed E-state index contributed by atoms with van der Waals surface area (Å²) in [6, 6.07) is 7.14. The Labute approximate surface area is 102 Å². The number of aryl methyl sites for hydroxylation is 2. The number of para-hydroxylation sites is 1. The first-order valence-corrected chi connectivity index (χ1v) is 6.64. The molecule has 0 fully saturated rings. The van der Waals surface area contributed by atoms with Gasteiger partial charge in [0, 0.05) is 22.6 Å². The zero-order valence-electron chi connectivity index (χ0n) is 10.6. The first-order valence-electron chi connectivity index (χ1n) is 6.64. The van der Waals surface area contributed by atoms with Crippen molar-refractivity contribution in [1.29, 1.82) is 0 Å². The predicted molar refractivity (Wildman–Crippen MR) is 72.4 cm³/mol. The van der Waals surface area contributed by atoms with Gasteiger partial charge in [-0.2, -0.15) is 0 Å². The standard InChI is InChI=1S/C15H20N2/c1-3-16-13-9-5-8-12-11-7-4-6-10(2)14(11)17-15(12)13/h4,6-7,13,16-17H,3,5,8-9H2,1-2H3. The highest BCUT2D eigenvalue weighted by atomic mass is 14.9. The molecule has 0 aliphatic heterocycles. The Balaban J connectivity index is 2.18. The van der Waals surface area contributed by atoms with Gasteiger partial charge in [0.05, 0.1) is 0 Å². The van der Waals surface area contributed by atoms with Crippen molar-refractivity contribution in [1.82, 2.24) is 10.3 Å². The van der Waals surface area contributed by atoms with Gasteiger partial charge in [0.1, 0.15) is 0 Å². The number of benzene rings is 1. The molecule has 2 N–H and O–H groups in total. The molecule has 0 saturated carbocycles. The molecule has 0 spiro atoms. The van der Waals surface area contributed by atoms with E-state index in [0.717, 1.165) is 6.54 Å². The molecule has 3 rings (SSSR count). The van der Waals surface area contributed by atoms with Crippen LogP contribution >= 0.6 is 0 Å². The van der Waals surface area contributed by atoms with Gasteiger partial charge in [-0.15, -0.1) is 0 Å². The molecule has 1 heterocycles. The van der Waals surface area contributed by atoms with E-state index in [0.29, 0.717) is 6.04 Å². The Morgan fingerprint density at radius 2 is 2.29 bits per heavy atom. The van der Waals surface area contributed by atoms with E-state index >= 15 is 0 Å². The lowest BCUT2D eigenvalue weighted by atomic mass is 9.91. The summed E-state index contributed by atoms with van der Waals surface area (Å²) in [6.45, 7) is 5.41. The third-order valence-corrected chi connectivity index (χ3v) is 3.90. The van der Waals surface area contributed by atoms with E-state index in [1.165, 1.54) is 41.4 Å². The van der Waals surface area contributed by atoms with E-state index in [4.69, 9.17) is 0 Å². The number of aromatic amines is 1. The minimum absolute atomic E-state index is 0.524. The summed E-state index contributed by atoms with van der Waals surface area (Å²) >= 11 is 0. The van der Waals surface area contributed by atoms with Crippen molar-refractivity contribution in [3.8, 4) is 0 Å². The van der Waals surface area contributed by atoms with Gasteiger partial charge in [0.25, 0.3) is 0 Å². The molecule has 2 heteroatoms. The molecule has 0 amide bonds. The summed E-state index contributed by atoms with van der Waals surface area (Å²) in [4.78, 5) is 3.66. The fourth-order valence-corrected chi connectivity index (χ4v) is 3.08. The Bertz CT molecular complexity index is 539. The first kappa shape index (κ1) is 10.8. The molecule has 0 radical (unpaired) electrons. The fraction of sp³-hybridized carbons (Fsp3) is 0.467. The van der Waals surface area contributed by atoms with Crippen LogP contribution in [0.5, 0.6) is 0 Å². The largest absolute Gasteiger partial charge is 0.357 e. The third kappa shape index (κ3) is 1.67. The van der Waals surface area contributed by atoms with Crippen LogP contribution in [-0.4, -0.2) is 11.5 Å². The van der Waals surface area contributed by atoms with Crippen LogP contribution in [-0.2, 0) is 6.42 Å². The van der Waals surface area contributed by atoms with Crippen LogP contribution in [0.2, 0.25) is 0 Å². The minimum atomic E-state index is 0.524. The number of H-pyrrole nitrogens is 1. The zero-order valence-corrected chi connectivity index (χ0v) is 10.6. The second kappa shape index (κ2) is 4.19. The zero-order chi connectivity index (χ0) is 11.8. The summed E-state index contributed by atoms with van der Waals surface area (Å²) in [6.07, 6.45) is 3.78. The van der Waals surface area contributed by atoms with Gasteiger partial charge in [-0.25, -0.2) is 0 Å². The summed E-state index contributed by atoms with van der Waals surface area (Å²) in [5.41, 5.74) is 5.66. The van der Waals surface area contributed by atoms with Crippen molar-refractivity contribution in [2.24, 2.45) is 0 Å². The Morgan fingerprint density at radius 3 is 3.12 bits per heavy atom. The highest BCUT2D eigenvalue weighted by Gasteiger charge is 2.23. The van der Waals surface area contributed by atoms with E-state index in [1.807, 2.05) is 0 Å². The predicted octanol–water partition coefficient (Wildman–Crippen LogP) is 3.46. The molecule has 1 unspecified atom stereocenters. The van der Waals surface area contributed by atoms with Crippen LogP contribution in [0.15, 0.2) is 18.2 Å². The second-order valence-electron chi connectivity index (χ2n) is 5.02. The van der Waals surface area contributed by atoms with Gasteiger partial charge < -0.3 is 10.3 Å². The van der Waals surface area contributed by atoms with Crippen molar-refractivity contribution in [3.63, 3.8) is 0 Å². The molecule has 1 aliphatic rings. The van der Waals surface area contributed by atoms with Crippen molar-refractivity contribution in [2.45, 2.75) is 39.2 Å². The highest BCUT2D eigenvalue weighted by Crippen LogP contribution is 2.35. The summed E-state index contributed by atoms with van der Waals surface area (Å²) in [7, 11) is 0. The van der Waals surface area contributed by atoms with Gasteiger partial charge in [-0.3, -0.25) is 0 Å². The molecule has 2 nitrogen and oxygen atoms in total. The molecule has 90 valence electrons. The molecule has 1 aromatic carbocycles. The maximum absolute atomic E-state index is 3.66. The first-order chi connectivity index (χ1) is 8.31. The summed E-state index contributed by atoms with van der Waals surface area (Å²) < 4.78 is 0. The monoisotopic (exact) mass is 228 g/mol. The number of nitrogens with one attached hydrogen (secondary N) is 2. The molecule has 1 aromatic heterocycles. The number of hydrogen-bond acceptors (Lipinski definition) is 1. The van der Waals surface area contributed by atoms with Crippen LogP contribution in [0.3, 0.4) is 0 Å².